The SMILES string of the molecule is CCOC(=O)c1cc(C)sc1NC(=O)c1ccncc1O. The number of hydrogen-bond donors (Lipinski definition) is 2. The fourth-order valence-electron chi connectivity index (χ4n) is 1.72. The lowest BCUT2D eigenvalue weighted by molar-refractivity contribution is 0.0528. The third-order valence-corrected chi connectivity index (χ3v) is 3.59. The summed E-state index contributed by atoms with van der Waals surface area (Å²) in [5.74, 6) is -1.22. The molecule has 21 heavy (non-hydrogen) atoms. The highest BCUT2D eigenvalue weighted by atomic mass is 32.1. The fourth-order valence-corrected chi connectivity index (χ4v) is 2.61. The predicted octanol–water partition coefficient (Wildman–Crippen LogP) is 2.59. The molecule has 0 spiro atoms. The number of aryl methyl sites for hydroxylation is 1. The van der Waals surface area contributed by atoms with Crippen LogP contribution in [0, 0.1) is 6.92 Å². The predicted molar refractivity (Wildman–Crippen MR) is 78.9 cm³/mol. The number of thiophene rings is 1. The second kappa shape index (κ2) is 6.36. The number of anilines is 1. The molecular formula is C14H14N2O4S. The standard InChI is InChI=1S/C14H14N2O4S/c1-3-20-14(19)10-6-8(2)21-13(10)16-12(18)9-4-5-15-7-11(9)17/h4-7,17H,3H2,1-2H3,(H,16,18). The summed E-state index contributed by atoms with van der Waals surface area (Å²) in [6.45, 7) is 3.80. The molecule has 0 aliphatic rings. The molecule has 2 aromatic heterocycles. The van der Waals surface area contributed by atoms with Gasteiger partial charge < -0.3 is 15.2 Å². The van der Waals surface area contributed by atoms with E-state index in [1.165, 1.54) is 29.8 Å². The molecule has 6 nitrogen and oxygen atoms in total. The number of nitrogens with zero attached hydrogens (tertiary/aromatic N) is 1. The van der Waals surface area contributed by atoms with Crippen molar-refractivity contribution in [3.8, 4) is 5.75 Å². The molecule has 0 unspecified atom stereocenters. The quantitative estimate of drug-likeness (QED) is 0.848. The first-order valence-electron chi connectivity index (χ1n) is 6.24. The van der Waals surface area contributed by atoms with E-state index in [1.807, 2.05) is 6.92 Å². The van der Waals surface area contributed by atoms with Crippen LogP contribution >= 0.6 is 11.3 Å². The van der Waals surface area contributed by atoms with Crippen LogP contribution in [0.1, 0.15) is 32.5 Å². The summed E-state index contributed by atoms with van der Waals surface area (Å²) in [4.78, 5) is 28.5. The number of aromatic nitrogens is 1. The fraction of sp³-hybridized carbons (Fsp3) is 0.214. The molecule has 0 aliphatic carbocycles. The van der Waals surface area contributed by atoms with Crippen LogP contribution in [0.25, 0.3) is 0 Å². The van der Waals surface area contributed by atoms with Crippen molar-refractivity contribution in [1.29, 1.82) is 0 Å². The van der Waals surface area contributed by atoms with Crippen molar-refractivity contribution >= 4 is 28.2 Å². The molecule has 0 atom stereocenters. The highest BCUT2D eigenvalue weighted by molar-refractivity contribution is 7.16. The van der Waals surface area contributed by atoms with Crippen molar-refractivity contribution in [2.75, 3.05) is 11.9 Å². The van der Waals surface area contributed by atoms with Gasteiger partial charge in [-0.3, -0.25) is 9.78 Å². The lowest BCUT2D eigenvalue weighted by Gasteiger charge is -2.07. The van der Waals surface area contributed by atoms with Crippen molar-refractivity contribution in [3.63, 3.8) is 0 Å². The van der Waals surface area contributed by atoms with Crippen LogP contribution in [-0.4, -0.2) is 28.6 Å². The summed E-state index contributed by atoms with van der Waals surface area (Å²) in [5.41, 5.74) is 0.395. The van der Waals surface area contributed by atoms with Crippen molar-refractivity contribution in [1.82, 2.24) is 4.98 Å². The molecule has 110 valence electrons. The first-order chi connectivity index (χ1) is 10.0. The Bertz CT molecular complexity index is 681. The van der Waals surface area contributed by atoms with Crippen LogP contribution in [-0.2, 0) is 4.74 Å². The van der Waals surface area contributed by atoms with Crippen molar-refractivity contribution in [2.45, 2.75) is 13.8 Å². The van der Waals surface area contributed by atoms with E-state index in [4.69, 9.17) is 4.74 Å². The first kappa shape index (κ1) is 15.0. The molecule has 0 aromatic carbocycles. The number of carbonyl (C=O) groups excluding carboxylic acids is 2. The molecule has 0 radical (unpaired) electrons. The summed E-state index contributed by atoms with van der Waals surface area (Å²) in [5, 5.41) is 12.6. The zero-order valence-electron chi connectivity index (χ0n) is 11.5. The minimum atomic E-state index is -0.512. The molecule has 1 amide bonds. The average molecular weight is 306 g/mol. The van der Waals surface area contributed by atoms with Gasteiger partial charge >= 0.3 is 5.97 Å². The van der Waals surface area contributed by atoms with Gasteiger partial charge in [-0.1, -0.05) is 0 Å². The van der Waals surface area contributed by atoms with E-state index in [1.54, 1.807) is 13.0 Å². The maximum absolute atomic E-state index is 12.1. The first-order valence-corrected chi connectivity index (χ1v) is 7.06. The van der Waals surface area contributed by atoms with Gasteiger partial charge in [-0.15, -0.1) is 11.3 Å². The van der Waals surface area contributed by atoms with Gasteiger partial charge in [-0.05, 0) is 26.0 Å². The molecule has 0 bridgehead atoms. The topological polar surface area (TPSA) is 88.5 Å². The smallest absolute Gasteiger partial charge is 0.341 e. The molecule has 7 heteroatoms. The number of esters is 1. The molecular weight excluding hydrogens is 292 g/mol. The number of amides is 1. The lowest BCUT2D eigenvalue weighted by Crippen LogP contribution is -2.14. The minimum absolute atomic E-state index is 0.0888. The van der Waals surface area contributed by atoms with Gasteiger partial charge in [0.05, 0.1) is 23.9 Å². The van der Waals surface area contributed by atoms with E-state index >= 15 is 0 Å². The molecule has 2 aromatic rings. The maximum atomic E-state index is 12.1. The molecule has 0 fully saturated rings. The van der Waals surface area contributed by atoms with Crippen LogP contribution in [0.4, 0.5) is 5.00 Å². The van der Waals surface area contributed by atoms with Crippen LogP contribution in [0.5, 0.6) is 5.75 Å². The number of carbonyl (C=O) groups is 2. The van der Waals surface area contributed by atoms with Gasteiger partial charge in [-0.2, -0.15) is 0 Å². The molecule has 0 saturated carbocycles. The van der Waals surface area contributed by atoms with Crippen LogP contribution in [0.3, 0.4) is 0 Å². The van der Waals surface area contributed by atoms with Crippen LogP contribution < -0.4 is 5.32 Å². The van der Waals surface area contributed by atoms with E-state index in [9.17, 15) is 14.7 Å². The van der Waals surface area contributed by atoms with Gasteiger partial charge in [-0.25, -0.2) is 4.79 Å². The molecule has 0 saturated heterocycles. The van der Waals surface area contributed by atoms with Gasteiger partial charge in [0, 0.05) is 11.1 Å². The Labute approximate surface area is 125 Å². The number of hydrogen-bond acceptors (Lipinski definition) is 6. The van der Waals surface area contributed by atoms with Crippen LogP contribution in [0.15, 0.2) is 24.5 Å². The summed E-state index contributed by atoms with van der Waals surface area (Å²) in [7, 11) is 0. The molecule has 2 rings (SSSR count). The van der Waals surface area contributed by atoms with E-state index in [0.29, 0.717) is 10.6 Å². The van der Waals surface area contributed by atoms with Crippen molar-refractivity contribution in [2.24, 2.45) is 0 Å². The van der Waals surface area contributed by atoms with Crippen LogP contribution in [0.2, 0.25) is 0 Å². The third kappa shape index (κ3) is 3.38. The number of aromatic hydroxyl groups is 1. The largest absolute Gasteiger partial charge is 0.505 e. The van der Waals surface area contributed by atoms with E-state index < -0.39 is 11.9 Å². The highest BCUT2D eigenvalue weighted by Gasteiger charge is 2.19. The summed E-state index contributed by atoms with van der Waals surface area (Å²) >= 11 is 1.27. The second-order valence-corrected chi connectivity index (χ2v) is 5.42. The van der Waals surface area contributed by atoms with Gasteiger partial charge in [0.15, 0.2) is 0 Å². The molecule has 2 heterocycles. The Balaban J connectivity index is 2.26. The van der Waals surface area contributed by atoms with Gasteiger partial charge in [0.2, 0.25) is 0 Å². The number of ether oxygens (including phenoxy) is 1. The monoisotopic (exact) mass is 306 g/mol. The Kier molecular flexibility index (Phi) is 4.54. The lowest BCUT2D eigenvalue weighted by atomic mass is 10.2. The summed E-state index contributed by atoms with van der Waals surface area (Å²) < 4.78 is 4.95. The number of pyridine rings is 1. The van der Waals surface area contributed by atoms with Crippen molar-refractivity contribution in [3.05, 3.63) is 40.5 Å². The normalized spacial score (nSPS) is 10.2. The summed E-state index contributed by atoms with van der Waals surface area (Å²) in [6, 6.07) is 3.06. The van der Waals surface area contributed by atoms with Gasteiger partial charge in [0.25, 0.3) is 5.91 Å². The van der Waals surface area contributed by atoms with E-state index in [0.717, 1.165) is 4.88 Å². The summed E-state index contributed by atoms with van der Waals surface area (Å²) in [6.07, 6.45) is 2.58. The average Bonchev–Trinajstić information content (AvgIpc) is 2.80. The second-order valence-electron chi connectivity index (χ2n) is 4.17. The Morgan fingerprint density at radius 1 is 1.43 bits per heavy atom. The van der Waals surface area contributed by atoms with E-state index in [2.05, 4.69) is 10.3 Å². The minimum Gasteiger partial charge on any atom is -0.505 e. The van der Waals surface area contributed by atoms with Crippen molar-refractivity contribution < 1.29 is 19.4 Å². The molecule has 0 aliphatic heterocycles. The Morgan fingerprint density at radius 3 is 2.86 bits per heavy atom. The highest BCUT2D eigenvalue weighted by Crippen LogP contribution is 2.29. The zero-order valence-corrected chi connectivity index (χ0v) is 12.4. The Morgan fingerprint density at radius 2 is 2.19 bits per heavy atom. The number of rotatable bonds is 4. The third-order valence-electron chi connectivity index (χ3n) is 2.62. The zero-order chi connectivity index (χ0) is 15.4. The number of nitrogens with one attached hydrogen (secondary N) is 1. The Hall–Kier alpha value is -2.41. The maximum Gasteiger partial charge on any atom is 0.341 e. The van der Waals surface area contributed by atoms with Gasteiger partial charge in [0.1, 0.15) is 10.8 Å². The van der Waals surface area contributed by atoms with E-state index in [-0.39, 0.29) is 17.9 Å². The molecule has 2 N–H and O–H groups in total.